The monoisotopic (exact) mass is 262 g/mol. The summed E-state index contributed by atoms with van der Waals surface area (Å²) in [6.07, 6.45) is 1.16. The molecule has 4 nitrogen and oxygen atoms in total. The highest BCUT2D eigenvalue weighted by Crippen LogP contribution is 2.23. The van der Waals surface area contributed by atoms with Crippen LogP contribution in [0.3, 0.4) is 0 Å². The number of hydrogen-bond donors (Lipinski definition) is 0. The van der Waals surface area contributed by atoms with Crippen molar-refractivity contribution in [1.82, 2.24) is 0 Å². The number of esters is 1. The number of hydrogen-bond acceptors (Lipinski definition) is 4. The lowest BCUT2D eigenvalue weighted by atomic mass is 10.1. The molecular weight excluding hydrogens is 244 g/mol. The fourth-order valence-electron chi connectivity index (χ4n) is 2.21. The largest absolute Gasteiger partial charge is 0.466 e. The van der Waals surface area contributed by atoms with Gasteiger partial charge < -0.3 is 9.47 Å². The maximum absolute atomic E-state index is 12.0. The molecule has 0 aromatic heterocycles. The number of ether oxygens (including phenoxy) is 2. The molecule has 4 heteroatoms. The molecule has 1 unspecified atom stereocenters. The summed E-state index contributed by atoms with van der Waals surface area (Å²) in [5.41, 5.74) is 1.81. The lowest BCUT2D eigenvalue weighted by Gasteiger charge is -2.09. The van der Waals surface area contributed by atoms with Crippen LogP contribution in [-0.4, -0.2) is 31.1 Å². The van der Waals surface area contributed by atoms with E-state index in [1.165, 1.54) is 0 Å². The predicted molar refractivity (Wildman–Crippen MR) is 70.1 cm³/mol. The molecule has 1 aromatic rings. The van der Waals surface area contributed by atoms with Crippen LogP contribution in [0.4, 0.5) is 0 Å². The molecule has 0 fully saturated rings. The van der Waals surface area contributed by atoms with Gasteiger partial charge in [0.2, 0.25) is 0 Å². The Balaban J connectivity index is 1.74. The number of rotatable bonds is 6. The fourth-order valence-corrected chi connectivity index (χ4v) is 2.21. The van der Waals surface area contributed by atoms with Gasteiger partial charge in [-0.1, -0.05) is 24.3 Å². The standard InChI is InChI=1S/C15H18O4/c1-2-18-14(16)8-5-9-19-13-10-11-6-3-4-7-12(11)15(13)17/h3-4,6-7,13H,2,5,8-10H2,1H3. The normalized spacial score (nSPS) is 17.3. The molecule has 0 radical (unpaired) electrons. The summed E-state index contributed by atoms with van der Waals surface area (Å²) < 4.78 is 10.4. The Bertz CT molecular complexity index is 467. The molecule has 0 amide bonds. The highest BCUT2D eigenvalue weighted by molar-refractivity contribution is 6.03. The first kappa shape index (κ1) is 13.7. The van der Waals surface area contributed by atoms with Crippen LogP contribution in [0.2, 0.25) is 0 Å². The molecule has 102 valence electrons. The summed E-state index contributed by atoms with van der Waals surface area (Å²) in [5.74, 6) is -0.168. The van der Waals surface area contributed by atoms with E-state index in [4.69, 9.17) is 9.47 Å². The van der Waals surface area contributed by atoms with Crippen LogP contribution >= 0.6 is 0 Å². The minimum Gasteiger partial charge on any atom is -0.466 e. The van der Waals surface area contributed by atoms with Crippen molar-refractivity contribution in [2.24, 2.45) is 0 Å². The number of carbonyl (C=O) groups excluding carboxylic acids is 2. The van der Waals surface area contributed by atoms with Gasteiger partial charge in [0.25, 0.3) is 0 Å². The van der Waals surface area contributed by atoms with Crippen molar-refractivity contribution in [3.8, 4) is 0 Å². The van der Waals surface area contributed by atoms with E-state index in [1.807, 2.05) is 24.3 Å². The van der Waals surface area contributed by atoms with Crippen LogP contribution in [0.15, 0.2) is 24.3 Å². The Morgan fingerprint density at radius 1 is 1.37 bits per heavy atom. The first-order chi connectivity index (χ1) is 9.22. The SMILES string of the molecule is CCOC(=O)CCCOC1Cc2ccccc2C1=O. The maximum Gasteiger partial charge on any atom is 0.305 e. The van der Waals surface area contributed by atoms with E-state index in [0.29, 0.717) is 32.5 Å². The summed E-state index contributed by atoms with van der Waals surface area (Å²) in [6, 6.07) is 7.57. The molecule has 0 aliphatic heterocycles. The van der Waals surface area contributed by atoms with E-state index in [9.17, 15) is 9.59 Å². The lowest BCUT2D eigenvalue weighted by molar-refractivity contribution is -0.143. The topological polar surface area (TPSA) is 52.6 Å². The van der Waals surface area contributed by atoms with Gasteiger partial charge in [-0.05, 0) is 18.9 Å². The second kappa shape index (κ2) is 6.48. The van der Waals surface area contributed by atoms with E-state index in [-0.39, 0.29) is 17.9 Å². The van der Waals surface area contributed by atoms with Crippen molar-refractivity contribution in [2.75, 3.05) is 13.2 Å². The number of ketones is 1. The van der Waals surface area contributed by atoms with Gasteiger partial charge >= 0.3 is 5.97 Å². The van der Waals surface area contributed by atoms with Crippen molar-refractivity contribution in [3.05, 3.63) is 35.4 Å². The van der Waals surface area contributed by atoms with Crippen LogP contribution in [-0.2, 0) is 20.7 Å². The van der Waals surface area contributed by atoms with Gasteiger partial charge in [-0.3, -0.25) is 9.59 Å². The second-order valence-electron chi connectivity index (χ2n) is 4.49. The predicted octanol–water partition coefficient (Wildman–Crippen LogP) is 2.15. The van der Waals surface area contributed by atoms with Crippen molar-refractivity contribution in [3.63, 3.8) is 0 Å². The highest BCUT2D eigenvalue weighted by atomic mass is 16.5. The average Bonchev–Trinajstić information content (AvgIpc) is 2.73. The zero-order chi connectivity index (χ0) is 13.7. The van der Waals surface area contributed by atoms with Crippen molar-refractivity contribution in [1.29, 1.82) is 0 Å². The Kier molecular flexibility index (Phi) is 4.68. The summed E-state index contributed by atoms with van der Waals surface area (Å²) in [5, 5.41) is 0. The molecule has 1 aliphatic rings. The quantitative estimate of drug-likeness (QED) is 0.582. The molecule has 0 spiro atoms. The Hall–Kier alpha value is -1.68. The molecule has 0 saturated heterocycles. The Morgan fingerprint density at radius 2 is 2.16 bits per heavy atom. The first-order valence-corrected chi connectivity index (χ1v) is 6.61. The first-order valence-electron chi connectivity index (χ1n) is 6.61. The summed E-state index contributed by atoms with van der Waals surface area (Å²) in [7, 11) is 0. The molecule has 1 atom stereocenters. The van der Waals surface area contributed by atoms with E-state index in [1.54, 1.807) is 6.92 Å². The zero-order valence-corrected chi connectivity index (χ0v) is 11.1. The minimum absolute atomic E-state index is 0.0479. The molecule has 1 aromatic carbocycles. The third kappa shape index (κ3) is 3.41. The molecule has 19 heavy (non-hydrogen) atoms. The smallest absolute Gasteiger partial charge is 0.305 e. The van der Waals surface area contributed by atoms with Gasteiger partial charge in [0, 0.05) is 25.0 Å². The van der Waals surface area contributed by atoms with Crippen LogP contribution in [0.1, 0.15) is 35.7 Å². The van der Waals surface area contributed by atoms with E-state index < -0.39 is 0 Å². The van der Waals surface area contributed by atoms with Crippen LogP contribution in [0.25, 0.3) is 0 Å². The average molecular weight is 262 g/mol. The second-order valence-corrected chi connectivity index (χ2v) is 4.49. The van der Waals surface area contributed by atoms with Crippen molar-refractivity contribution < 1.29 is 19.1 Å². The van der Waals surface area contributed by atoms with E-state index in [2.05, 4.69) is 0 Å². The molecule has 0 bridgehead atoms. The van der Waals surface area contributed by atoms with E-state index in [0.717, 1.165) is 11.1 Å². The van der Waals surface area contributed by atoms with Gasteiger partial charge in [-0.25, -0.2) is 0 Å². The summed E-state index contributed by atoms with van der Waals surface area (Å²) >= 11 is 0. The third-order valence-electron chi connectivity index (χ3n) is 3.13. The van der Waals surface area contributed by atoms with Crippen molar-refractivity contribution in [2.45, 2.75) is 32.3 Å². The molecule has 1 aliphatic carbocycles. The number of Topliss-reactive ketones (excluding diaryl/α,β-unsaturated/α-hetero) is 1. The van der Waals surface area contributed by atoms with Gasteiger partial charge in [0.1, 0.15) is 6.10 Å². The summed E-state index contributed by atoms with van der Waals surface area (Å²) in [4.78, 5) is 23.1. The molecule has 0 N–H and O–H groups in total. The van der Waals surface area contributed by atoms with Crippen molar-refractivity contribution >= 4 is 11.8 Å². The molecule has 0 heterocycles. The highest BCUT2D eigenvalue weighted by Gasteiger charge is 2.30. The van der Waals surface area contributed by atoms with Gasteiger partial charge in [-0.2, -0.15) is 0 Å². The Morgan fingerprint density at radius 3 is 2.89 bits per heavy atom. The number of benzene rings is 1. The van der Waals surface area contributed by atoms with Gasteiger partial charge in [0.05, 0.1) is 6.61 Å². The minimum atomic E-state index is -0.389. The lowest BCUT2D eigenvalue weighted by Crippen LogP contribution is -2.21. The van der Waals surface area contributed by atoms with Crippen LogP contribution < -0.4 is 0 Å². The van der Waals surface area contributed by atoms with Crippen LogP contribution in [0.5, 0.6) is 0 Å². The molecule has 0 saturated carbocycles. The number of carbonyl (C=O) groups is 2. The van der Waals surface area contributed by atoms with Gasteiger partial charge in [-0.15, -0.1) is 0 Å². The maximum atomic E-state index is 12.0. The number of fused-ring (bicyclic) bond motifs is 1. The fraction of sp³-hybridized carbons (Fsp3) is 0.467. The third-order valence-corrected chi connectivity index (χ3v) is 3.13. The Labute approximate surface area is 112 Å². The zero-order valence-electron chi connectivity index (χ0n) is 11.1. The van der Waals surface area contributed by atoms with Crippen LogP contribution in [0, 0.1) is 0 Å². The van der Waals surface area contributed by atoms with Gasteiger partial charge in [0.15, 0.2) is 5.78 Å². The van der Waals surface area contributed by atoms with E-state index >= 15 is 0 Å². The summed E-state index contributed by atoms with van der Waals surface area (Å²) in [6.45, 7) is 2.59. The molecular formula is C15H18O4. The molecule has 2 rings (SSSR count).